The standard InChI is InChI=1S/C42H68O7Si2/c1-29-22-23-44-33(25-29)20-21-35(48-50(10,11)41(4,5)6)36-28-37-40(47-37)38(49-51(12,13)42(7,8)9)27-31(3)24-30(2)26-34-18-14-16-32(45-34)17-15-19-39(43)46-36/h14,16,20-22,30,32-38,40H,3,17-18,23-28H2,1-2,4-13H3/b21-20+/t30-,32-,33+,34-,35-,36-,37+,38-,40+/m0/s1. The molecule has 0 aromatic heterocycles. The van der Waals surface area contributed by atoms with Crippen molar-refractivity contribution in [3.8, 4) is 11.8 Å². The summed E-state index contributed by atoms with van der Waals surface area (Å²) in [5.74, 6) is 5.70. The molecule has 0 aliphatic carbocycles. The largest absolute Gasteiger partial charge is 0.450 e. The molecule has 0 N–H and O–H groups in total. The van der Waals surface area contributed by atoms with Gasteiger partial charge in [0.05, 0.1) is 37.1 Å². The van der Waals surface area contributed by atoms with E-state index in [-0.39, 0.29) is 46.7 Å². The predicted octanol–water partition coefficient (Wildman–Crippen LogP) is 9.61. The minimum absolute atomic E-state index is 0.0404. The first-order chi connectivity index (χ1) is 23.6. The van der Waals surface area contributed by atoms with Gasteiger partial charge in [-0.25, -0.2) is 4.79 Å². The minimum atomic E-state index is -2.31. The van der Waals surface area contributed by atoms with Gasteiger partial charge in [-0.2, -0.15) is 0 Å². The molecule has 286 valence electrons. The molecular weight excluding hydrogens is 673 g/mol. The summed E-state index contributed by atoms with van der Waals surface area (Å²) >= 11 is 0. The Balaban J connectivity index is 1.69. The molecule has 1 fully saturated rings. The lowest BCUT2D eigenvalue weighted by Crippen LogP contribution is -2.48. The predicted molar refractivity (Wildman–Crippen MR) is 212 cm³/mol. The highest BCUT2D eigenvalue weighted by Gasteiger charge is 2.52. The molecule has 0 radical (unpaired) electrons. The highest BCUT2D eigenvalue weighted by Crippen LogP contribution is 2.44. The summed E-state index contributed by atoms with van der Waals surface area (Å²) in [4.78, 5) is 13.5. The van der Waals surface area contributed by atoms with Crippen LogP contribution in [0.3, 0.4) is 0 Å². The van der Waals surface area contributed by atoms with Crippen LogP contribution in [-0.4, -0.2) is 78.0 Å². The van der Waals surface area contributed by atoms with Crippen molar-refractivity contribution in [2.45, 2.75) is 185 Å². The van der Waals surface area contributed by atoms with Crippen molar-refractivity contribution in [3.05, 3.63) is 48.1 Å². The van der Waals surface area contributed by atoms with Crippen molar-refractivity contribution >= 4 is 22.6 Å². The summed E-state index contributed by atoms with van der Waals surface area (Å²) in [5.41, 5.74) is 2.48. The normalized spacial score (nSPS) is 32.5. The Hall–Kier alpha value is -1.78. The van der Waals surface area contributed by atoms with Gasteiger partial charge in [-0.05, 0) is 81.2 Å². The fourth-order valence-corrected chi connectivity index (χ4v) is 9.19. The van der Waals surface area contributed by atoms with Crippen LogP contribution in [0.15, 0.2) is 48.1 Å². The fraction of sp³-hybridized carbons (Fsp3) is 0.738. The average molecular weight is 741 g/mol. The van der Waals surface area contributed by atoms with Crippen LogP contribution in [0.25, 0.3) is 0 Å². The summed E-state index contributed by atoms with van der Waals surface area (Å²) in [6.45, 7) is 32.1. The Morgan fingerprint density at radius 2 is 1.71 bits per heavy atom. The molecule has 0 amide bonds. The molecule has 0 spiro atoms. The summed E-state index contributed by atoms with van der Waals surface area (Å²) in [5, 5.41) is -0.0124. The van der Waals surface area contributed by atoms with Crippen LogP contribution in [-0.2, 0) is 32.6 Å². The van der Waals surface area contributed by atoms with E-state index in [0.717, 1.165) is 32.1 Å². The van der Waals surface area contributed by atoms with E-state index in [0.29, 0.717) is 25.4 Å². The van der Waals surface area contributed by atoms with Gasteiger partial charge in [-0.1, -0.05) is 102 Å². The molecule has 9 atom stereocenters. The van der Waals surface area contributed by atoms with Crippen LogP contribution in [0.1, 0.15) is 100 Å². The van der Waals surface area contributed by atoms with Crippen LogP contribution in [0.2, 0.25) is 36.3 Å². The molecule has 0 aromatic carbocycles. The lowest BCUT2D eigenvalue weighted by atomic mass is 9.91. The van der Waals surface area contributed by atoms with Gasteiger partial charge in [0.25, 0.3) is 0 Å². The molecule has 1 saturated heterocycles. The Morgan fingerprint density at radius 1 is 1.00 bits per heavy atom. The van der Waals surface area contributed by atoms with Crippen molar-refractivity contribution in [2.75, 3.05) is 6.61 Å². The van der Waals surface area contributed by atoms with Crippen molar-refractivity contribution in [2.24, 2.45) is 5.92 Å². The molecule has 4 rings (SSSR count). The Bertz CT molecular complexity index is 1370. The second-order valence-corrected chi connectivity index (χ2v) is 28.1. The average Bonchev–Trinajstić information content (AvgIpc) is 3.76. The number of hydrogen-bond acceptors (Lipinski definition) is 7. The van der Waals surface area contributed by atoms with Gasteiger partial charge in [0, 0.05) is 18.8 Å². The number of carbonyl (C=O) groups is 1. The van der Waals surface area contributed by atoms with Crippen molar-refractivity contribution in [1.82, 2.24) is 0 Å². The monoisotopic (exact) mass is 740 g/mol. The van der Waals surface area contributed by atoms with Gasteiger partial charge in [0.1, 0.15) is 18.3 Å². The lowest BCUT2D eigenvalue weighted by Gasteiger charge is -2.40. The molecular formula is C42H68O7Si2. The zero-order valence-electron chi connectivity index (χ0n) is 33.8. The third-order valence-corrected chi connectivity index (χ3v) is 20.7. The summed E-state index contributed by atoms with van der Waals surface area (Å²) in [6, 6.07) is 0. The zero-order chi connectivity index (χ0) is 37.8. The van der Waals surface area contributed by atoms with E-state index in [1.54, 1.807) is 0 Å². The number of fused-ring (bicyclic) bond motifs is 3. The van der Waals surface area contributed by atoms with Crippen molar-refractivity contribution < 1.29 is 32.6 Å². The molecule has 9 heteroatoms. The summed E-state index contributed by atoms with van der Waals surface area (Å²) in [6.07, 6.45) is 14.1. The molecule has 4 heterocycles. The summed E-state index contributed by atoms with van der Waals surface area (Å²) < 4.78 is 39.5. The molecule has 0 aromatic rings. The number of cyclic esters (lactones) is 1. The Morgan fingerprint density at radius 3 is 2.37 bits per heavy atom. The van der Waals surface area contributed by atoms with E-state index in [4.69, 9.17) is 27.8 Å². The number of ether oxygens (including phenoxy) is 4. The van der Waals surface area contributed by atoms with Crippen LogP contribution < -0.4 is 0 Å². The summed E-state index contributed by atoms with van der Waals surface area (Å²) in [7, 11) is -4.46. The van der Waals surface area contributed by atoms with Gasteiger partial charge in [0.2, 0.25) is 0 Å². The van der Waals surface area contributed by atoms with Crippen LogP contribution in [0.4, 0.5) is 0 Å². The minimum Gasteiger partial charge on any atom is -0.450 e. The van der Waals surface area contributed by atoms with Gasteiger partial charge in [-0.3, -0.25) is 0 Å². The highest BCUT2D eigenvalue weighted by molar-refractivity contribution is 6.74. The van der Waals surface area contributed by atoms with E-state index in [2.05, 4.69) is 130 Å². The number of hydrogen-bond donors (Lipinski definition) is 0. The second-order valence-electron chi connectivity index (χ2n) is 18.6. The highest BCUT2D eigenvalue weighted by atomic mass is 28.4. The Labute approximate surface area is 312 Å². The molecule has 51 heavy (non-hydrogen) atoms. The first kappa shape index (κ1) is 42.0. The Kier molecular flexibility index (Phi) is 14.1. The first-order valence-electron chi connectivity index (χ1n) is 19.3. The molecule has 4 aliphatic heterocycles. The van der Waals surface area contributed by atoms with Crippen LogP contribution >= 0.6 is 0 Å². The maximum absolute atomic E-state index is 13.5. The third kappa shape index (κ3) is 12.4. The van der Waals surface area contributed by atoms with Gasteiger partial charge >= 0.3 is 5.97 Å². The molecule has 2 bridgehead atoms. The fourth-order valence-electron chi connectivity index (χ4n) is 6.60. The van der Waals surface area contributed by atoms with Gasteiger partial charge in [-0.15, -0.1) is 0 Å². The van der Waals surface area contributed by atoms with Gasteiger partial charge < -0.3 is 27.8 Å². The van der Waals surface area contributed by atoms with E-state index >= 15 is 0 Å². The van der Waals surface area contributed by atoms with E-state index < -0.39 is 34.8 Å². The smallest absolute Gasteiger partial charge is 0.384 e. The van der Waals surface area contributed by atoms with Crippen molar-refractivity contribution in [1.29, 1.82) is 0 Å². The first-order valence-corrected chi connectivity index (χ1v) is 25.1. The van der Waals surface area contributed by atoms with E-state index in [9.17, 15) is 4.79 Å². The van der Waals surface area contributed by atoms with Crippen molar-refractivity contribution in [3.63, 3.8) is 0 Å². The quantitative estimate of drug-likeness (QED) is 0.0643. The molecule has 4 aliphatic rings. The number of esters is 1. The number of carbonyl (C=O) groups excluding carboxylic acids is 1. The lowest BCUT2D eigenvalue weighted by molar-refractivity contribution is -0.146. The molecule has 7 nitrogen and oxygen atoms in total. The zero-order valence-corrected chi connectivity index (χ0v) is 35.8. The number of epoxide rings is 1. The maximum Gasteiger partial charge on any atom is 0.384 e. The SMILES string of the molecule is C=C1C[C@H](C)C[C@@H]2CC=C[C@@H](CC#CC(=O)O[C@H]([C@H](/C=C/[C@@H]3CC(C)=CCO3)O[Si](C)(C)C(C)(C)C)C[C@H]3O[C@H]3[C@@H](O[Si](C)(C)C(C)(C)C)C1)O2. The molecule has 0 saturated carbocycles. The topological polar surface area (TPSA) is 75.8 Å². The third-order valence-electron chi connectivity index (χ3n) is 11.8. The maximum atomic E-state index is 13.5. The van der Waals surface area contributed by atoms with E-state index in [1.165, 1.54) is 11.1 Å². The van der Waals surface area contributed by atoms with Crippen LogP contribution in [0, 0.1) is 17.8 Å². The van der Waals surface area contributed by atoms with E-state index in [1.807, 2.05) is 0 Å². The van der Waals surface area contributed by atoms with Crippen LogP contribution in [0.5, 0.6) is 0 Å². The van der Waals surface area contributed by atoms with Gasteiger partial charge in [0.15, 0.2) is 16.6 Å². The second kappa shape index (κ2) is 17.1. The molecule has 0 unspecified atom stereocenters. The number of rotatable bonds is 7.